The molecule has 0 saturated carbocycles. The molecule has 0 unspecified atom stereocenters. The zero-order chi connectivity index (χ0) is 17.7. The quantitative estimate of drug-likeness (QED) is 0.618. The molecule has 0 radical (unpaired) electrons. The van der Waals surface area contributed by atoms with Crippen molar-refractivity contribution < 1.29 is 28.6 Å². The van der Waals surface area contributed by atoms with Crippen LogP contribution in [0.2, 0.25) is 0 Å². The Morgan fingerprint density at radius 1 is 0.913 bits per heavy atom. The Labute approximate surface area is 134 Å². The van der Waals surface area contributed by atoms with Crippen LogP contribution in [-0.2, 0) is 23.8 Å². The molecule has 0 fully saturated rings. The van der Waals surface area contributed by atoms with Crippen LogP contribution in [-0.4, -0.2) is 50.3 Å². The Morgan fingerprint density at radius 2 is 1.39 bits per heavy atom. The highest BCUT2D eigenvalue weighted by atomic mass is 16.6. The highest BCUT2D eigenvalue weighted by Crippen LogP contribution is 2.29. The van der Waals surface area contributed by atoms with Gasteiger partial charge in [-0.3, -0.25) is 4.79 Å². The molecule has 1 aromatic carbocycles. The zero-order valence-corrected chi connectivity index (χ0v) is 13.8. The Morgan fingerprint density at radius 3 is 1.78 bits per heavy atom. The van der Waals surface area contributed by atoms with Crippen molar-refractivity contribution in [2.24, 2.45) is 0 Å². The van der Waals surface area contributed by atoms with Crippen molar-refractivity contribution in [2.45, 2.75) is 25.0 Å². The van der Waals surface area contributed by atoms with Crippen molar-refractivity contribution in [3.63, 3.8) is 0 Å². The lowest BCUT2D eigenvalue weighted by molar-refractivity contribution is -0.178. The number of amides is 1. The molecular weight excluding hydrogens is 302 g/mol. The van der Waals surface area contributed by atoms with Gasteiger partial charge in [0.15, 0.2) is 0 Å². The van der Waals surface area contributed by atoms with Crippen LogP contribution in [0, 0.1) is 0 Å². The Hall–Kier alpha value is -2.41. The molecule has 23 heavy (non-hydrogen) atoms. The normalized spacial score (nSPS) is 11.5. The largest absolute Gasteiger partial charge is 0.467 e. The molecule has 1 amide bonds. The van der Waals surface area contributed by atoms with Crippen LogP contribution in [0.4, 0.5) is 0 Å². The van der Waals surface area contributed by atoms with E-state index in [1.165, 1.54) is 21.0 Å². The summed E-state index contributed by atoms with van der Waals surface area (Å²) >= 11 is 0. The van der Waals surface area contributed by atoms with Crippen molar-refractivity contribution in [3.8, 4) is 0 Å². The summed E-state index contributed by atoms with van der Waals surface area (Å²) < 4.78 is 14.7. The van der Waals surface area contributed by atoms with Gasteiger partial charge in [0.25, 0.3) is 11.4 Å². The molecule has 0 saturated heterocycles. The van der Waals surface area contributed by atoms with E-state index >= 15 is 0 Å². The molecule has 0 bridgehead atoms. The van der Waals surface area contributed by atoms with Gasteiger partial charge in [0, 0.05) is 12.7 Å². The molecular formula is C16H21NO6. The maximum atomic E-state index is 12.5. The summed E-state index contributed by atoms with van der Waals surface area (Å²) in [6, 6.07) is 8.16. The molecule has 0 aliphatic rings. The van der Waals surface area contributed by atoms with Gasteiger partial charge >= 0.3 is 11.9 Å². The van der Waals surface area contributed by atoms with Crippen molar-refractivity contribution >= 4 is 17.8 Å². The van der Waals surface area contributed by atoms with Gasteiger partial charge in [-0.2, -0.15) is 0 Å². The number of hydrogen-bond acceptors (Lipinski definition) is 6. The summed E-state index contributed by atoms with van der Waals surface area (Å²) in [6.45, 7) is 2.96. The van der Waals surface area contributed by atoms with Crippen LogP contribution in [0.25, 0.3) is 0 Å². The number of rotatable bonds is 6. The molecule has 7 nitrogen and oxygen atoms in total. The van der Waals surface area contributed by atoms with Gasteiger partial charge < -0.3 is 19.5 Å². The SMILES string of the molecule is COC(=O)C(NC(=O)c1ccccc1)(C(=O)OC)C(C)(C)OC. The van der Waals surface area contributed by atoms with Crippen molar-refractivity contribution in [1.29, 1.82) is 0 Å². The van der Waals surface area contributed by atoms with Crippen molar-refractivity contribution in [1.82, 2.24) is 5.32 Å². The molecule has 0 aliphatic heterocycles. The van der Waals surface area contributed by atoms with E-state index in [1.54, 1.807) is 30.3 Å². The summed E-state index contributed by atoms with van der Waals surface area (Å²) in [4.78, 5) is 37.3. The van der Waals surface area contributed by atoms with E-state index in [-0.39, 0.29) is 5.56 Å². The molecule has 1 rings (SSSR count). The smallest absolute Gasteiger partial charge is 0.346 e. The number of esters is 2. The molecule has 1 aromatic rings. The molecule has 0 aromatic heterocycles. The van der Waals surface area contributed by atoms with E-state index < -0.39 is 29.0 Å². The third-order valence-corrected chi connectivity index (χ3v) is 3.73. The predicted molar refractivity (Wildman–Crippen MR) is 81.8 cm³/mol. The second-order valence-corrected chi connectivity index (χ2v) is 5.27. The zero-order valence-electron chi connectivity index (χ0n) is 13.8. The van der Waals surface area contributed by atoms with E-state index in [0.717, 1.165) is 14.2 Å². The van der Waals surface area contributed by atoms with Crippen LogP contribution < -0.4 is 5.32 Å². The maximum absolute atomic E-state index is 12.5. The number of ether oxygens (including phenoxy) is 3. The predicted octanol–water partition coefficient (Wildman–Crippen LogP) is 0.926. The summed E-state index contributed by atoms with van der Waals surface area (Å²) in [5.74, 6) is -2.60. The van der Waals surface area contributed by atoms with Crippen LogP contribution >= 0.6 is 0 Å². The van der Waals surface area contributed by atoms with Gasteiger partial charge in [-0.25, -0.2) is 9.59 Å². The first-order valence-corrected chi connectivity index (χ1v) is 6.86. The molecule has 126 valence electrons. The first-order chi connectivity index (χ1) is 10.8. The van der Waals surface area contributed by atoms with E-state index in [9.17, 15) is 14.4 Å². The number of hydrogen-bond donors (Lipinski definition) is 1. The lowest BCUT2D eigenvalue weighted by Gasteiger charge is -2.40. The summed E-state index contributed by atoms with van der Waals surface area (Å²) in [6.07, 6.45) is 0. The van der Waals surface area contributed by atoms with E-state index in [4.69, 9.17) is 14.2 Å². The number of carbonyl (C=O) groups is 3. The van der Waals surface area contributed by atoms with Gasteiger partial charge in [-0.1, -0.05) is 18.2 Å². The number of methoxy groups -OCH3 is 3. The fourth-order valence-electron chi connectivity index (χ4n) is 2.12. The average Bonchev–Trinajstić information content (AvgIpc) is 2.58. The third kappa shape index (κ3) is 3.34. The molecule has 0 atom stereocenters. The van der Waals surface area contributed by atoms with E-state index in [0.29, 0.717) is 0 Å². The molecule has 0 heterocycles. The molecule has 1 N–H and O–H groups in total. The fraction of sp³-hybridized carbons (Fsp3) is 0.438. The van der Waals surface area contributed by atoms with Crippen LogP contribution in [0.5, 0.6) is 0 Å². The topological polar surface area (TPSA) is 90.9 Å². The first-order valence-electron chi connectivity index (χ1n) is 6.86. The highest BCUT2D eigenvalue weighted by Gasteiger charge is 2.61. The second kappa shape index (κ2) is 7.23. The number of nitrogens with one attached hydrogen (secondary N) is 1. The highest BCUT2D eigenvalue weighted by molar-refractivity contribution is 6.11. The Bertz CT molecular complexity index is 565. The standard InChI is InChI=1S/C16H21NO6/c1-15(2,23-5)16(13(19)21-3,14(20)22-4)17-12(18)11-9-7-6-8-10-11/h6-10H,1-5H3,(H,17,18). The Balaban J connectivity index is 3.41. The van der Waals surface area contributed by atoms with Crippen molar-refractivity contribution in [2.75, 3.05) is 21.3 Å². The third-order valence-electron chi connectivity index (χ3n) is 3.73. The van der Waals surface area contributed by atoms with Crippen molar-refractivity contribution in [3.05, 3.63) is 35.9 Å². The maximum Gasteiger partial charge on any atom is 0.346 e. The van der Waals surface area contributed by atoms with Gasteiger partial charge in [-0.15, -0.1) is 0 Å². The second-order valence-electron chi connectivity index (χ2n) is 5.27. The van der Waals surface area contributed by atoms with Crippen LogP contribution in [0.1, 0.15) is 24.2 Å². The van der Waals surface area contributed by atoms with Gasteiger partial charge in [-0.05, 0) is 26.0 Å². The van der Waals surface area contributed by atoms with Crippen LogP contribution in [0.3, 0.4) is 0 Å². The minimum atomic E-state index is -2.15. The summed E-state index contributed by atoms with van der Waals surface area (Å²) in [5, 5.41) is 2.43. The number of carbonyl (C=O) groups excluding carboxylic acids is 3. The lowest BCUT2D eigenvalue weighted by atomic mass is 9.81. The van der Waals surface area contributed by atoms with E-state index in [2.05, 4.69) is 5.32 Å². The molecule has 7 heteroatoms. The average molecular weight is 323 g/mol. The first kappa shape index (κ1) is 18.6. The monoisotopic (exact) mass is 323 g/mol. The minimum absolute atomic E-state index is 0.275. The number of benzene rings is 1. The summed E-state index contributed by atoms with van der Waals surface area (Å²) in [5.41, 5.74) is -3.30. The Kier molecular flexibility index (Phi) is 5.86. The molecule has 0 spiro atoms. The summed E-state index contributed by atoms with van der Waals surface area (Å²) in [7, 11) is 3.54. The van der Waals surface area contributed by atoms with Gasteiger partial charge in [0.1, 0.15) is 5.60 Å². The van der Waals surface area contributed by atoms with E-state index in [1.807, 2.05) is 0 Å². The van der Waals surface area contributed by atoms with Gasteiger partial charge in [0.05, 0.1) is 14.2 Å². The minimum Gasteiger partial charge on any atom is -0.467 e. The lowest BCUT2D eigenvalue weighted by Crippen LogP contribution is -2.72. The van der Waals surface area contributed by atoms with Gasteiger partial charge in [0.2, 0.25) is 0 Å². The fourth-order valence-corrected chi connectivity index (χ4v) is 2.12. The van der Waals surface area contributed by atoms with Crippen LogP contribution in [0.15, 0.2) is 30.3 Å². The molecule has 0 aliphatic carbocycles.